The number of allylic oxidation sites excluding steroid dienone is 1. The van der Waals surface area contributed by atoms with E-state index in [9.17, 15) is 30.8 Å². The van der Waals surface area contributed by atoms with Crippen molar-refractivity contribution in [2.24, 2.45) is 12.5 Å². The summed E-state index contributed by atoms with van der Waals surface area (Å²) in [6, 6.07) is 7.54. The number of benzene rings is 1. The molecule has 0 amide bonds. The number of carbonyl (C=O) groups is 1. The zero-order valence-electron chi connectivity index (χ0n) is 24.7. The first kappa shape index (κ1) is 30.8. The van der Waals surface area contributed by atoms with Gasteiger partial charge in [-0.15, -0.1) is 0 Å². The Balaban J connectivity index is 1.47. The maximum absolute atomic E-state index is 14.5. The van der Waals surface area contributed by atoms with Crippen molar-refractivity contribution in [2.45, 2.75) is 62.8 Å². The van der Waals surface area contributed by atoms with Crippen LogP contribution in [0.15, 0.2) is 71.7 Å². The van der Waals surface area contributed by atoms with E-state index in [0.717, 1.165) is 18.3 Å². The molecule has 2 atom stereocenters. The molecule has 2 aliphatic rings. The second-order valence-electron chi connectivity index (χ2n) is 11.8. The summed E-state index contributed by atoms with van der Waals surface area (Å²) in [5.74, 6) is -1.03. The van der Waals surface area contributed by atoms with Gasteiger partial charge in [-0.3, -0.25) is 14.5 Å². The average Bonchev–Trinajstić information content (AvgIpc) is 3.61. The van der Waals surface area contributed by atoms with Crippen molar-refractivity contribution in [1.29, 1.82) is 0 Å². The quantitative estimate of drug-likeness (QED) is 0.192. The van der Waals surface area contributed by atoms with E-state index in [4.69, 9.17) is 0 Å². The fourth-order valence-corrected chi connectivity index (χ4v) is 8.41. The molecule has 0 spiro atoms. The number of alkyl halides is 3. The lowest BCUT2D eigenvalue weighted by Crippen LogP contribution is -2.52. The van der Waals surface area contributed by atoms with Crippen LogP contribution in [-0.2, 0) is 29.7 Å². The van der Waals surface area contributed by atoms with Gasteiger partial charge < -0.3 is 0 Å². The summed E-state index contributed by atoms with van der Waals surface area (Å²) < 4.78 is 86.8. The van der Waals surface area contributed by atoms with Crippen LogP contribution in [0.4, 0.5) is 17.6 Å². The monoisotopic (exact) mass is 642 g/mol. The number of carbonyl (C=O) groups excluding carboxylic acids is 1. The molecule has 4 aromatic rings. The van der Waals surface area contributed by atoms with E-state index >= 15 is 0 Å². The fraction of sp³-hybridized carbons (Fsp3) is 0.355. The normalized spacial score (nSPS) is 20.2. The van der Waals surface area contributed by atoms with Gasteiger partial charge in [0.15, 0.2) is 10.8 Å². The van der Waals surface area contributed by atoms with Gasteiger partial charge in [0.05, 0.1) is 28.6 Å². The van der Waals surface area contributed by atoms with Crippen LogP contribution in [-0.4, -0.2) is 55.1 Å². The second-order valence-corrected chi connectivity index (χ2v) is 13.6. The first-order valence-corrected chi connectivity index (χ1v) is 15.8. The van der Waals surface area contributed by atoms with E-state index in [1.807, 2.05) is 6.08 Å². The van der Waals surface area contributed by atoms with E-state index in [-0.39, 0.29) is 23.6 Å². The van der Waals surface area contributed by atoms with Gasteiger partial charge in [-0.25, -0.2) is 17.5 Å². The second kappa shape index (κ2) is 11.0. The van der Waals surface area contributed by atoms with Crippen LogP contribution < -0.4 is 0 Å². The summed E-state index contributed by atoms with van der Waals surface area (Å²) in [4.78, 5) is 18.6. The van der Waals surface area contributed by atoms with E-state index in [0.29, 0.717) is 35.4 Å². The molecule has 14 heteroatoms. The van der Waals surface area contributed by atoms with Crippen LogP contribution in [0.1, 0.15) is 60.4 Å². The predicted octanol–water partition coefficient (Wildman–Crippen LogP) is 5.62. The molecule has 0 saturated heterocycles. The molecule has 0 bridgehead atoms. The number of nitrogens with zero attached hydrogens (tertiary/aromatic N) is 6. The molecule has 236 valence electrons. The number of rotatable bonds is 7. The molecule has 0 aliphatic heterocycles. The number of aromatic nitrogens is 5. The SMILES string of the molecule is CC(C)N([C@H]1CCC2=Cc3c(cnn3-c3ccc(F)cc3)C[C@]2(C(=O)c2cc(C(F)(F)F)ccn2)C1)S(=O)(=O)c1ccn(C)n1. The van der Waals surface area contributed by atoms with Gasteiger partial charge in [-0.1, -0.05) is 5.57 Å². The fourth-order valence-electron chi connectivity index (χ4n) is 6.60. The van der Waals surface area contributed by atoms with Gasteiger partial charge in [0.1, 0.15) is 11.5 Å². The molecule has 0 unspecified atom stereocenters. The summed E-state index contributed by atoms with van der Waals surface area (Å²) in [5.41, 5.74) is -0.194. The van der Waals surface area contributed by atoms with Crippen LogP contribution in [0.3, 0.4) is 0 Å². The van der Waals surface area contributed by atoms with Crippen molar-refractivity contribution < 1.29 is 30.8 Å². The van der Waals surface area contributed by atoms with Gasteiger partial charge in [0, 0.05) is 31.5 Å². The Kier molecular flexibility index (Phi) is 7.55. The highest BCUT2D eigenvalue weighted by Crippen LogP contribution is 2.51. The molecule has 1 aromatic carbocycles. The lowest BCUT2D eigenvalue weighted by Gasteiger charge is -2.47. The van der Waals surface area contributed by atoms with E-state index in [1.54, 1.807) is 43.9 Å². The largest absolute Gasteiger partial charge is 0.416 e. The van der Waals surface area contributed by atoms with Crippen LogP contribution in [0.2, 0.25) is 0 Å². The minimum atomic E-state index is -4.69. The van der Waals surface area contributed by atoms with Crippen molar-refractivity contribution >= 4 is 21.9 Å². The number of pyridine rings is 1. The molecule has 6 rings (SSSR count). The number of Topliss-reactive ketones (excluding diaryl/α,β-unsaturated/α-hetero) is 1. The van der Waals surface area contributed by atoms with Crippen LogP contribution in [0.25, 0.3) is 11.8 Å². The summed E-state index contributed by atoms with van der Waals surface area (Å²) in [6.45, 7) is 3.47. The molecule has 2 aliphatic carbocycles. The maximum Gasteiger partial charge on any atom is 0.416 e. The van der Waals surface area contributed by atoms with Gasteiger partial charge in [-0.2, -0.15) is 27.7 Å². The number of hydrogen-bond acceptors (Lipinski definition) is 6. The molecular formula is C31H30F4N6O3S. The van der Waals surface area contributed by atoms with Crippen molar-refractivity contribution in [3.8, 4) is 5.69 Å². The first-order valence-electron chi connectivity index (χ1n) is 14.4. The predicted molar refractivity (Wildman–Crippen MR) is 156 cm³/mol. The highest BCUT2D eigenvalue weighted by Gasteiger charge is 2.52. The Labute approximate surface area is 257 Å². The van der Waals surface area contributed by atoms with Gasteiger partial charge in [0.2, 0.25) is 0 Å². The molecule has 45 heavy (non-hydrogen) atoms. The van der Waals surface area contributed by atoms with E-state index in [1.165, 1.54) is 33.4 Å². The van der Waals surface area contributed by atoms with Crippen molar-refractivity contribution in [2.75, 3.05) is 0 Å². The zero-order valence-corrected chi connectivity index (χ0v) is 25.5. The third-order valence-corrected chi connectivity index (χ3v) is 10.6. The lowest BCUT2D eigenvalue weighted by atomic mass is 9.60. The Hall–Kier alpha value is -4.17. The molecule has 0 radical (unpaired) electrons. The molecule has 9 nitrogen and oxygen atoms in total. The third-order valence-electron chi connectivity index (χ3n) is 8.56. The van der Waals surface area contributed by atoms with Crippen molar-refractivity contribution in [1.82, 2.24) is 28.9 Å². The average molecular weight is 643 g/mol. The molecule has 0 N–H and O–H groups in total. The van der Waals surface area contributed by atoms with Gasteiger partial charge >= 0.3 is 6.18 Å². The van der Waals surface area contributed by atoms with Crippen LogP contribution >= 0.6 is 0 Å². The van der Waals surface area contributed by atoms with E-state index in [2.05, 4.69) is 15.2 Å². The summed E-state index contributed by atoms with van der Waals surface area (Å²) in [7, 11) is -2.49. The third kappa shape index (κ3) is 5.39. The number of ketones is 1. The van der Waals surface area contributed by atoms with Crippen molar-refractivity contribution in [3.05, 3.63) is 95.0 Å². The van der Waals surface area contributed by atoms with E-state index < -0.39 is 50.9 Å². The highest BCUT2D eigenvalue weighted by molar-refractivity contribution is 7.89. The van der Waals surface area contributed by atoms with Gasteiger partial charge in [-0.05, 0) is 93.6 Å². The molecule has 3 aromatic heterocycles. The zero-order chi connectivity index (χ0) is 32.3. The standard InChI is InChI=1S/C31H30F4N6O3S/c1-19(2)41(45(43,44)28-11-13-39(3)38-28)25-7-4-21-15-27-20(18-37-40(27)24-8-5-23(32)6-9-24)16-30(21,17-25)29(42)26-14-22(10-12-36-26)31(33,34)35/h5-6,8-15,18-19,25H,4,7,16-17H2,1-3H3/t25-,30-/m0/s1. The minimum Gasteiger partial charge on any atom is -0.291 e. The Morgan fingerprint density at radius 1 is 1.13 bits per heavy atom. The highest BCUT2D eigenvalue weighted by atomic mass is 32.2. The molecule has 1 saturated carbocycles. The molecular weight excluding hydrogens is 612 g/mol. The number of halogens is 4. The summed E-state index contributed by atoms with van der Waals surface area (Å²) in [6.07, 6.45) is 1.93. The molecule has 3 heterocycles. The van der Waals surface area contributed by atoms with Crippen molar-refractivity contribution in [3.63, 3.8) is 0 Å². The Morgan fingerprint density at radius 2 is 1.87 bits per heavy atom. The topological polar surface area (TPSA) is 103 Å². The summed E-state index contributed by atoms with van der Waals surface area (Å²) in [5, 5.41) is 8.47. The smallest absolute Gasteiger partial charge is 0.291 e. The number of sulfonamides is 1. The maximum atomic E-state index is 14.5. The van der Waals surface area contributed by atoms with Crippen LogP contribution in [0.5, 0.6) is 0 Å². The van der Waals surface area contributed by atoms with Crippen LogP contribution in [0, 0.1) is 11.2 Å². The number of aryl methyl sites for hydroxylation is 1. The lowest BCUT2D eigenvalue weighted by molar-refractivity contribution is -0.137. The minimum absolute atomic E-state index is 0.0149. The number of hydrogen-bond donors (Lipinski definition) is 0. The first-order chi connectivity index (χ1) is 21.2. The Bertz CT molecular complexity index is 1910. The number of fused-ring (bicyclic) bond motifs is 2. The molecule has 1 fully saturated rings. The Morgan fingerprint density at radius 3 is 2.51 bits per heavy atom. The van der Waals surface area contributed by atoms with Gasteiger partial charge in [0.25, 0.3) is 10.0 Å². The summed E-state index contributed by atoms with van der Waals surface area (Å²) >= 11 is 0.